The van der Waals surface area contributed by atoms with Crippen molar-refractivity contribution >= 4 is 35.1 Å². The van der Waals surface area contributed by atoms with E-state index in [1.807, 2.05) is 0 Å². The number of alkyl halides is 2. The molecule has 4 N–H and O–H groups in total. The summed E-state index contributed by atoms with van der Waals surface area (Å²) >= 11 is 1.34. The summed E-state index contributed by atoms with van der Waals surface area (Å²) in [4.78, 5) is 32.5. The molecule has 1 aromatic carbocycles. The van der Waals surface area contributed by atoms with Gasteiger partial charge >= 0.3 is 6.61 Å². The largest absolute Gasteiger partial charge is 0.435 e. The molecule has 8 nitrogen and oxygen atoms in total. The summed E-state index contributed by atoms with van der Waals surface area (Å²) in [6, 6.07) is 12.4. The van der Waals surface area contributed by atoms with E-state index in [4.69, 9.17) is 5.73 Å². The van der Waals surface area contributed by atoms with E-state index in [9.17, 15) is 18.4 Å². The number of nitrogens with one attached hydrogen (secondary N) is 2. The molecule has 166 valence electrons. The molecule has 0 saturated carbocycles. The van der Waals surface area contributed by atoms with Crippen molar-refractivity contribution in [3.8, 4) is 5.75 Å². The lowest BCUT2D eigenvalue weighted by molar-refractivity contribution is -0.114. The average Bonchev–Trinajstić information content (AvgIpc) is 2.79. The van der Waals surface area contributed by atoms with E-state index >= 15 is 0 Å². The van der Waals surface area contributed by atoms with Crippen molar-refractivity contribution in [3.05, 3.63) is 72.1 Å². The van der Waals surface area contributed by atoms with Crippen LogP contribution in [0.2, 0.25) is 0 Å². The topological polar surface area (TPSA) is 119 Å². The minimum absolute atomic E-state index is 0.00464. The third kappa shape index (κ3) is 6.72. The van der Waals surface area contributed by atoms with Gasteiger partial charge in [-0.2, -0.15) is 8.78 Å². The third-order valence-electron chi connectivity index (χ3n) is 4.01. The van der Waals surface area contributed by atoms with Gasteiger partial charge in [0.25, 0.3) is 5.91 Å². The number of thioether (sulfide) groups is 1. The van der Waals surface area contributed by atoms with Crippen LogP contribution in [0.5, 0.6) is 5.75 Å². The smallest absolute Gasteiger partial charge is 0.387 e. The standard InChI is InChI=1S/C21H19F2N5O3S/c22-21(23)31-15-5-3-14(4-6-15)27-19(30)16-2-1-8-26-20(16)32-12-13-7-9-25-17(10-13)28-18(29)11-24/h1-10,21H,11-12,24H2,(H,27,30)(H,25,28,29). The molecule has 2 amide bonds. The van der Waals surface area contributed by atoms with Crippen molar-refractivity contribution in [2.75, 3.05) is 17.2 Å². The number of halogens is 2. The molecule has 0 radical (unpaired) electrons. The second-order valence-corrected chi connectivity index (χ2v) is 7.27. The molecule has 2 aromatic heterocycles. The van der Waals surface area contributed by atoms with Crippen molar-refractivity contribution in [2.45, 2.75) is 17.4 Å². The second kappa shape index (κ2) is 11.2. The number of hydrogen-bond acceptors (Lipinski definition) is 7. The lowest BCUT2D eigenvalue weighted by Gasteiger charge is -2.10. The predicted octanol–water partition coefficient (Wildman–Crippen LogP) is 3.52. The van der Waals surface area contributed by atoms with Crippen LogP contribution in [0.15, 0.2) is 66.0 Å². The predicted molar refractivity (Wildman–Crippen MR) is 117 cm³/mol. The van der Waals surface area contributed by atoms with Gasteiger partial charge in [0.1, 0.15) is 16.6 Å². The molecule has 0 fully saturated rings. The Bertz CT molecular complexity index is 1080. The van der Waals surface area contributed by atoms with Crippen LogP contribution in [0.25, 0.3) is 0 Å². The Labute approximate surface area is 186 Å². The molecule has 2 heterocycles. The molecule has 0 saturated heterocycles. The van der Waals surface area contributed by atoms with Gasteiger partial charge in [0.2, 0.25) is 5.91 Å². The van der Waals surface area contributed by atoms with Gasteiger partial charge < -0.3 is 21.1 Å². The fourth-order valence-electron chi connectivity index (χ4n) is 2.57. The summed E-state index contributed by atoms with van der Waals surface area (Å²) in [6.45, 7) is -3.06. The highest BCUT2D eigenvalue weighted by atomic mass is 32.2. The Balaban J connectivity index is 1.66. The first-order valence-corrected chi connectivity index (χ1v) is 10.3. The van der Waals surface area contributed by atoms with E-state index in [0.29, 0.717) is 27.8 Å². The molecule has 11 heteroatoms. The Morgan fingerprint density at radius 3 is 2.56 bits per heavy atom. The van der Waals surface area contributed by atoms with Crippen LogP contribution in [0.3, 0.4) is 0 Å². The van der Waals surface area contributed by atoms with E-state index < -0.39 is 12.5 Å². The lowest BCUT2D eigenvalue weighted by atomic mass is 10.2. The first-order valence-electron chi connectivity index (χ1n) is 9.33. The number of nitrogens with zero attached hydrogens (tertiary/aromatic N) is 2. The Morgan fingerprint density at radius 1 is 1.06 bits per heavy atom. The zero-order chi connectivity index (χ0) is 22.9. The zero-order valence-corrected chi connectivity index (χ0v) is 17.4. The number of carbonyl (C=O) groups is 2. The maximum atomic E-state index is 12.7. The number of amides is 2. The highest BCUT2D eigenvalue weighted by Gasteiger charge is 2.14. The monoisotopic (exact) mass is 459 g/mol. The summed E-state index contributed by atoms with van der Waals surface area (Å²) in [5, 5.41) is 5.80. The number of carbonyl (C=O) groups excluding carboxylic acids is 2. The Hall–Kier alpha value is -3.57. The van der Waals surface area contributed by atoms with Crippen molar-refractivity contribution in [1.82, 2.24) is 9.97 Å². The lowest BCUT2D eigenvalue weighted by Crippen LogP contribution is -2.22. The molecule has 3 aromatic rings. The summed E-state index contributed by atoms with van der Waals surface area (Å²) in [6.07, 6.45) is 3.14. The summed E-state index contributed by atoms with van der Waals surface area (Å²) < 4.78 is 28.8. The van der Waals surface area contributed by atoms with Gasteiger partial charge in [0.15, 0.2) is 0 Å². The third-order valence-corrected chi connectivity index (χ3v) is 5.08. The first kappa shape index (κ1) is 23.1. The highest BCUT2D eigenvalue weighted by molar-refractivity contribution is 7.98. The van der Waals surface area contributed by atoms with Crippen LogP contribution >= 0.6 is 11.8 Å². The van der Waals surface area contributed by atoms with E-state index in [1.165, 1.54) is 36.0 Å². The number of hydrogen-bond donors (Lipinski definition) is 3. The molecule has 0 aliphatic rings. The number of ether oxygens (including phenoxy) is 1. The van der Waals surface area contributed by atoms with Crippen LogP contribution in [0, 0.1) is 0 Å². The van der Waals surface area contributed by atoms with Crippen molar-refractivity contribution in [3.63, 3.8) is 0 Å². The number of anilines is 2. The molecular formula is C21H19F2N5O3S. The van der Waals surface area contributed by atoms with Gasteiger partial charge in [-0.15, -0.1) is 11.8 Å². The zero-order valence-electron chi connectivity index (χ0n) is 16.6. The highest BCUT2D eigenvalue weighted by Crippen LogP contribution is 2.26. The van der Waals surface area contributed by atoms with Crippen LogP contribution in [-0.4, -0.2) is 34.9 Å². The summed E-state index contributed by atoms with van der Waals surface area (Å²) in [5.41, 5.74) is 6.94. The number of aromatic nitrogens is 2. The minimum Gasteiger partial charge on any atom is -0.435 e. The summed E-state index contributed by atoms with van der Waals surface area (Å²) in [7, 11) is 0. The average molecular weight is 459 g/mol. The minimum atomic E-state index is -2.92. The van der Waals surface area contributed by atoms with Gasteiger partial charge in [0, 0.05) is 23.8 Å². The number of nitrogens with two attached hydrogens (primary N) is 1. The van der Waals surface area contributed by atoms with E-state index in [2.05, 4.69) is 25.3 Å². The molecule has 0 bridgehead atoms. The van der Waals surface area contributed by atoms with Crippen LogP contribution in [-0.2, 0) is 10.5 Å². The van der Waals surface area contributed by atoms with Gasteiger partial charge in [-0.1, -0.05) is 0 Å². The van der Waals surface area contributed by atoms with Crippen molar-refractivity contribution in [2.24, 2.45) is 5.73 Å². The number of rotatable bonds is 9. The van der Waals surface area contributed by atoms with E-state index in [1.54, 1.807) is 36.7 Å². The molecule has 0 unspecified atom stereocenters. The molecule has 32 heavy (non-hydrogen) atoms. The molecule has 0 aliphatic heterocycles. The quantitative estimate of drug-likeness (QED) is 0.419. The SMILES string of the molecule is NCC(=O)Nc1cc(CSc2ncccc2C(=O)Nc2ccc(OC(F)F)cc2)ccn1. The Kier molecular flexibility index (Phi) is 8.06. The fourth-order valence-corrected chi connectivity index (χ4v) is 3.51. The van der Waals surface area contributed by atoms with Crippen LogP contribution < -0.4 is 21.1 Å². The molecule has 3 rings (SSSR count). The maximum Gasteiger partial charge on any atom is 0.387 e. The maximum absolute atomic E-state index is 12.7. The fraction of sp³-hybridized carbons (Fsp3) is 0.143. The number of benzene rings is 1. The molecule has 0 spiro atoms. The Morgan fingerprint density at radius 2 is 1.84 bits per heavy atom. The van der Waals surface area contributed by atoms with Crippen LogP contribution in [0.4, 0.5) is 20.3 Å². The second-order valence-electron chi connectivity index (χ2n) is 6.30. The van der Waals surface area contributed by atoms with Crippen LogP contribution in [0.1, 0.15) is 15.9 Å². The molecule has 0 atom stereocenters. The molecular weight excluding hydrogens is 440 g/mol. The van der Waals surface area contributed by atoms with Gasteiger partial charge in [-0.25, -0.2) is 9.97 Å². The van der Waals surface area contributed by atoms with Gasteiger partial charge in [0.05, 0.1) is 12.1 Å². The number of pyridine rings is 2. The first-order chi connectivity index (χ1) is 15.4. The summed E-state index contributed by atoms with van der Waals surface area (Å²) in [5.74, 6) is 0.116. The van der Waals surface area contributed by atoms with E-state index in [0.717, 1.165) is 5.56 Å². The molecule has 0 aliphatic carbocycles. The van der Waals surface area contributed by atoms with Gasteiger partial charge in [-0.05, 0) is 54.1 Å². The van der Waals surface area contributed by atoms with Gasteiger partial charge in [-0.3, -0.25) is 9.59 Å². The van der Waals surface area contributed by atoms with Crippen molar-refractivity contribution in [1.29, 1.82) is 0 Å². The van der Waals surface area contributed by atoms with E-state index in [-0.39, 0.29) is 18.2 Å². The van der Waals surface area contributed by atoms with Crippen molar-refractivity contribution < 1.29 is 23.1 Å². The normalized spacial score (nSPS) is 10.6.